The van der Waals surface area contributed by atoms with Crippen molar-refractivity contribution in [1.29, 1.82) is 0 Å². The zero-order chi connectivity index (χ0) is 24.2. The summed E-state index contributed by atoms with van der Waals surface area (Å²) < 4.78 is 15.8. The number of anilines is 1. The van der Waals surface area contributed by atoms with E-state index in [1.807, 2.05) is 39.8 Å². The summed E-state index contributed by atoms with van der Waals surface area (Å²) in [7, 11) is 0. The number of nitrogens with zero attached hydrogens (tertiary/aromatic N) is 3. The van der Waals surface area contributed by atoms with E-state index in [0.717, 1.165) is 11.3 Å². The van der Waals surface area contributed by atoms with E-state index in [4.69, 9.17) is 14.2 Å². The number of carbonyl (C=O) groups excluding carboxylic acids is 2. The molecule has 1 aliphatic heterocycles. The van der Waals surface area contributed by atoms with Gasteiger partial charge < -0.3 is 24.0 Å². The van der Waals surface area contributed by atoms with Crippen molar-refractivity contribution in [2.24, 2.45) is 0 Å². The van der Waals surface area contributed by atoms with E-state index < -0.39 is 16.7 Å². The highest BCUT2D eigenvalue weighted by Crippen LogP contribution is 2.26. The van der Waals surface area contributed by atoms with E-state index in [2.05, 4.69) is 4.90 Å². The number of aryl methyl sites for hydroxylation is 1. The monoisotopic (exact) mass is 457 g/mol. The second-order valence-electron chi connectivity index (χ2n) is 8.61. The summed E-state index contributed by atoms with van der Waals surface area (Å²) in [6.45, 7) is 9.75. The lowest BCUT2D eigenvalue weighted by molar-refractivity contribution is -0.384. The van der Waals surface area contributed by atoms with Gasteiger partial charge in [-0.1, -0.05) is 0 Å². The van der Waals surface area contributed by atoms with Crippen molar-refractivity contribution in [2.45, 2.75) is 33.3 Å². The number of non-ortho nitro benzene ring substituents is 1. The Morgan fingerprint density at radius 3 is 2.15 bits per heavy atom. The molecule has 0 unspecified atom stereocenters. The first kappa shape index (κ1) is 23.8. The molecule has 3 rings (SSSR count). The zero-order valence-electron chi connectivity index (χ0n) is 19.1. The third-order valence-corrected chi connectivity index (χ3v) is 4.90. The van der Waals surface area contributed by atoms with Gasteiger partial charge >= 0.3 is 12.2 Å². The summed E-state index contributed by atoms with van der Waals surface area (Å²) >= 11 is 0. The number of nitro groups is 1. The second-order valence-corrected chi connectivity index (χ2v) is 8.61. The minimum absolute atomic E-state index is 0.103. The molecule has 0 saturated carbocycles. The number of hydrogen-bond acceptors (Lipinski definition) is 8. The van der Waals surface area contributed by atoms with Gasteiger partial charge in [-0.2, -0.15) is 0 Å². The van der Waals surface area contributed by atoms with Gasteiger partial charge in [0, 0.05) is 44.0 Å². The maximum Gasteiger partial charge on any atom is 0.519 e. The summed E-state index contributed by atoms with van der Waals surface area (Å²) in [6.07, 6.45) is -1.25. The van der Waals surface area contributed by atoms with Crippen LogP contribution in [0.2, 0.25) is 0 Å². The molecule has 0 aliphatic carbocycles. The fourth-order valence-corrected chi connectivity index (χ4v) is 3.26. The average molecular weight is 457 g/mol. The van der Waals surface area contributed by atoms with E-state index in [-0.39, 0.29) is 17.5 Å². The SMILES string of the molecule is Cc1cc(N2CCN(C(=O)OC(C)(C)C)CC2)ccc1OC(=O)Oc1ccc([N+](=O)[O-])cc1. The van der Waals surface area contributed by atoms with E-state index in [9.17, 15) is 19.7 Å². The van der Waals surface area contributed by atoms with Crippen LogP contribution >= 0.6 is 0 Å². The van der Waals surface area contributed by atoms with Crippen LogP contribution in [-0.4, -0.2) is 53.9 Å². The summed E-state index contributed by atoms with van der Waals surface area (Å²) in [4.78, 5) is 38.3. The van der Waals surface area contributed by atoms with Gasteiger partial charge in [-0.15, -0.1) is 0 Å². The first-order valence-corrected chi connectivity index (χ1v) is 10.5. The van der Waals surface area contributed by atoms with E-state index >= 15 is 0 Å². The lowest BCUT2D eigenvalue weighted by atomic mass is 10.1. The molecule has 0 radical (unpaired) electrons. The average Bonchev–Trinajstić information content (AvgIpc) is 2.74. The van der Waals surface area contributed by atoms with Gasteiger partial charge in [-0.3, -0.25) is 10.1 Å². The number of ether oxygens (including phenoxy) is 3. The van der Waals surface area contributed by atoms with Gasteiger partial charge in [0.1, 0.15) is 17.1 Å². The van der Waals surface area contributed by atoms with Crippen molar-refractivity contribution in [3.8, 4) is 11.5 Å². The molecule has 0 atom stereocenters. The molecule has 1 amide bonds. The van der Waals surface area contributed by atoms with Crippen molar-refractivity contribution in [3.05, 3.63) is 58.1 Å². The van der Waals surface area contributed by atoms with Gasteiger partial charge in [0.25, 0.3) is 5.69 Å². The number of carbonyl (C=O) groups is 2. The van der Waals surface area contributed by atoms with E-state index in [1.165, 1.54) is 24.3 Å². The predicted octanol–water partition coefficient (Wildman–Crippen LogP) is 4.54. The minimum atomic E-state index is -0.939. The summed E-state index contributed by atoms with van der Waals surface area (Å²) in [5, 5.41) is 10.7. The molecule has 0 N–H and O–H groups in total. The highest BCUT2D eigenvalue weighted by molar-refractivity contribution is 5.69. The number of benzene rings is 2. The Bertz CT molecular complexity index is 1020. The summed E-state index contributed by atoms with van der Waals surface area (Å²) in [6, 6.07) is 10.6. The number of nitro benzene ring substituents is 1. The molecule has 2 aromatic rings. The van der Waals surface area contributed by atoms with Crippen molar-refractivity contribution >= 4 is 23.6 Å². The van der Waals surface area contributed by atoms with Crippen molar-refractivity contribution in [1.82, 2.24) is 4.90 Å². The van der Waals surface area contributed by atoms with Crippen molar-refractivity contribution in [2.75, 3.05) is 31.1 Å². The molecule has 33 heavy (non-hydrogen) atoms. The van der Waals surface area contributed by atoms with Gasteiger partial charge in [0.15, 0.2) is 0 Å². The first-order valence-electron chi connectivity index (χ1n) is 10.5. The second kappa shape index (κ2) is 9.76. The van der Waals surface area contributed by atoms with Crippen molar-refractivity contribution < 1.29 is 28.7 Å². The van der Waals surface area contributed by atoms with Crippen LogP contribution in [-0.2, 0) is 4.74 Å². The molecule has 0 bridgehead atoms. The van der Waals surface area contributed by atoms with Crippen LogP contribution in [0.4, 0.5) is 21.0 Å². The summed E-state index contributed by atoms with van der Waals surface area (Å²) in [5.41, 5.74) is 1.06. The van der Waals surface area contributed by atoms with Crippen LogP contribution in [0.3, 0.4) is 0 Å². The Morgan fingerprint density at radius 2 is 1.61 bits per heavy atom. The van der Waals surface area contributed by atoms with Gasteiger partial charge in [-0.05, 0) is 63.6 Å². The lowest BCUT2D eigenvalue weighted by Gasteiger charge is -2.36. The number of amides is 1. The molecule has 0 spiro atoms. The minimum Gasteiger partial charge on any atom is -0.444 e. The Hall–Kier alpha value is -3.82. The van der Waals surface area contributed by atoms with Gasteiger partial charge in [-0.25, -0.2) is 9.59 Å². The van der Waals surface area contributed by atoms with Crippen molar-refractivity contribution in [3.63, 3.8) is 0 Å². The van der Waals surface area contributed by atoms with Crippen LogP contribution in [0.1, 0.15) is 26.3 Å². The maximum atomic E-state index is 12.2. The zero-order valence-corrected chi connectivity index (χ0v) is 19.1. The lowest BCUT2D eigenvalue weighted by Crippen LogP contribution is -2.50. The van der Waals surface area contributed by atoms with Crippen LogP contribution < -0.4 is 14.4 Å². The molecule has 1 saturated heterocycles. The molecule has 176 valence electrons. The maximum absolute atomic E-state index is 12.2. The smallest absolute Gasteiger partial charge is 0.444 e. The Labute approximate surface area is 191 Å². The van der Waals surface area contributed by atoms with Crippen LogP contribution in [0.5, 0.6) is 11.5 Å². The molecule has 1 fully saturated rings. The largest absolute Gasteiger partial charge is 0.519 e. The molecule has 1 heterocycles. The molecular weight excluding hydrogens is 430 g/mol. The molecule has 0 aromatic heterocycles. The fraction of sp³-hybridized carbons (Fsp3) is 0.391. The standard InChI is InChI=1S/C23H27N3O7/c1-16-15-18(24-11-13-25(14-12-24)21(27)33-23(2,3)4)7-10-20(16)32-22(28)31-19-8-5-17(6-9-19)26(29)30/h5-10,15H,11-14H2,1-4H3. The number of hydrogen-bond donors (Lipinski definition) is 0. The Morgan fingerprint density at radius 1 is 0.970 bits per heavy atom. The van der Waals surface area contributed by atoms with Crippen LogP contribution in [0.25, 0.3) is 0 Å². The van der Waals surface area contributed by atoms with E-state index in [1.54, 1.807) is 11.0 Å². The van der Waals surface area contributed by atoms with Gasteiger partial charge in [0.2, 0.25) is 0 Å². The quantitative estimate of drug-likeness (QED) is 0.285. The summed E-state index contributed by atoms with van der Waals surface area (Å²) in [5.74, 6) is 0.487. The highest BCUT2D eigenvalue weighted by Gasteiger charge is 2.26. The normalized spacial score (nSPS) is 13.9. The Kier molecular flexibility index (Phi) is 7.05. The predicted molar refractivity (Wildman–Crippen MR) is 121 cm³/mol. The first-order chi connectivity index (χ1) is 15.5. The molecule has 10 heteroatoms. The van der Waals surface area contributed by atoms with Crippen LogP contribution in [0, 0.1) is 17.0 Å². The van der Waals surface area contributed by atoms with Gasteiger partial charge in [0.05, 0.1) is 4.92 Å². The number of piperazine rings is 1. The molecule has 2 aromatic carbocycles. The highest BCUT2D eigenvalue weighted by atomic mass is 16.7. The molecular formula is C23H27N3O7. The molecule has 1 aliphatic rings. The van der Waals surface area contributed by atoms with Crippen LogP contribution in [0.15, 0.2) is 42.5 Å². The third kappa shape index (κ3) is 6.58. The third-order valence-electron chi connectivity index (χ3n) is 4.90. The van der Waals surface area contributed by atoms with E-state index in [0.29, 0.717) is 31.9 Å². The topological polar surface area (TPSA) is 111 Å². The Balaban J connectivity index is 1.55. The molecule has 10 nitrogen and oxygen atoms in total. The fourth-order valence-electron chi connectivity index (χ4n) is 3.26. The number of rotatable bonds is 4.